The van der Waals surface area contributed by atoms with Crippen molar-refractivity contribution in [2.75, 3.05) is 18.5 Å². The Balaban J connectivity index is 1.71. The van der Waals surface area contributed by atoms with Crippen LogP contribution in [0.4, 0.5) is 11.4 Å². The Morgan fingerprint density at radius 2 is 1.86 bits per heavy atom. The van der Waals surface area contributed by atoms with E-state index < -0.39 is 4.92 Å². The molecule has 0 aromatic heterocycles. The Hall–Kier alpha value is -2.76. The lowest BCUT2D eigenvalue weighted by Gasteiger charge is -2.21. The van der Waals surface area contributed by atoms with Crippen LogP contribution in [0.5, 0.6) is 11.5 Å². The van der Waals surface area contributed by atoms with Crippen LogP contribution in [0.2, 0.25) is 0 Å². The molecule has 1 aliphatic rings. The molecule has 3 rings (SSSR count). The van der Waals surface area contributed by atoms with E-state index in [0.29, 0.717) is 19.8 Å². The lowest BCUT2D eigenvalue weighted by atomic mass is 10.1. The highest BCUT2D eigenvalue weighted by molar-refractivity contribution is 5.52. The smallest absolute Gasteiger partial charge is 0.269 e. The third kappa shape index (κ3) is 2.89. The largest absolute Gasteiger partial charge is 0.486 e. The molecule has 108 valence electrons. The standard InChI is InChI=1S/C15H14N2O4/c18-17(19)13-6-4-12(5-7-13)16-10-11-2-1-3-14-15(11)21-9-8-20-14/h1-7,16H,8-10H2. The molecule has 0 spiro atoms. The molecule has 0 amide bonds. The Morgan fingerprint density at radius 3 is 2.62 bits per heavy atom. The number of fused-ring (bicyclic) bond motifs is 1. The number of nitro benzene ring substituents is 1. The molecule has 0 aliphatic carbocycles. The molecular weight excluding hydrogens is 272 g/mol. The number of non-ortho nitro benzene ring substituents is 1. The second-order valence-corrected chi connectivity index (χ2v) is 4.60. The van der Waals surface area contributed by atoms with Crippen molar-refractivity contribution in [3.8, 4) is 11.5 Å². The fourth-order valence-corrected chi connectivity index (χ4v) is 2.17. The zero-order valence-electron chi connectivity index (χ0n) is 11.2. The first-order chi connectivity index (χ1) is 10.2. The van der Waals surface area contributed by atoms with Gasteiger partial charge in [-0.3, -0.25) is 10.1 Å². The predicted molar refractivity (Wildman–Crippen MR) is 77.9 cm³/mol. The molecule has 0 bridgehead atoms. The first kappa shape index (κ1) is 13.2. The van der Waals surface area contributed by atoms with Crippen LogP contribution in [-0.4, -0.2) is 18.1 Å². The third-order valence-electron chi connectivity index (χ3n) is 3.21. The Labute approximate surface area is 121 Å². The molecular formula is C15H14N2O4. The quantitative estimate of drug-likeness (QED) is 0.691. The highest BCUT2D eigenvalue weighted by Gasteiger charge is 2.15. The van der Waals surface area contributed by atoms with Gasteiger partial charge in [0.15, 0.2) is 11.5 Å². The minimum absolute atomic E-state index is 0.0781. The molecule has 21 heavy (non-hydrogen) atoms. The van der Waals surface area contributed by atoms with Crippen molar-refractivity contribution in [2.45, 2.75) is 6.54 Å². The van der Waals surface area contributed by atoms with Crippen molar-refractivity contribution < 1.29 is 14.4 Å². The Morgan fingerprint density at radius 1 is 1.10 bits per heavy atom. The summed E-state index contributed by atoms with van der Waals surface area (Å²) < 4.78 is 11.2. The summed E-state index contributed by atoms with van der Waals surface area (Å²) in [5.41, 5.74) is 1.88. The van der Waals surface area contributed by atoms with Crippen LogP contribution in [0.15, 0.2) is 42.5 Å². The molecule has 6 nitrogen and oxygen atoms in total. The first-order valence-corrected chi connectivity index (χ1v) is 6.60. The van der Waals surface area contributed by atoms with Gasteiger partial charge in [0.25, 0.3) is 5.69 Å². The summed E-state index contributed by atoms with van der Waals surface area (Å²) in [7, 11) is 0. The fourth-order valence-electron chi connectivity index (χ4n) is 2.17. The van der Waals surface area contributed by atoms with Crippen LogP contribution in [-0.2, 0) is 6.54 Å². The topological polar surface area (TPSA) is 73.6 Å². The van der Waals surface area contributed by atoms with E-state index in [1.54, 1.807) is 12.1 Å². The van der Waals surface area contributed by atoms with E-state index in [-0.39, 0.29) is 5.69 Å². The first-order valence-electron chi connectivity index (χ1n) is 6.60. The Bertz CT molecular complexity index is 655. The molecule has 2 aromatic rings. The number of hydrogen-bond donors (Lipinski definition) is 1. The lowest BCUT2D eigenvalue weighted by Crippen LogP contribution is -2.17. The average Bonchev–Trinajstić information content (AvgIpc) is 2.53. The number of nitrogens with zero attached hydrogens (tertiary/aromatic N) is 1. The van der Waals surface area contributed by atoms with E-state index >= 15 is 0 Å². The SMILES string of the molecule is O=[N+]([O-])c1ccc(NCc2cccc3c2OCCO3)cc1. The molecule has 1 aliphatic heterocycles. The molecule has 0 fully saturated rings. The molecule has 6 heteroatoms. The number of benzene rings is 2. The second kappa shape index (κ2) is 5.70. The molecule has 1 N–H and O–H groups in total. The van der Waals surface area contributed by atoms with Crippen LogP contribution in [0.25, 0.3) is 0 Å². The van der Waals surface area contributed by atoms with Gasteiger partial charge in [-0.15, -0.1) is 0 Å². The van der Waals surface area contributed by atoms with E-state index in [9.17, 15) is 10.1 Å². The van der Waals surface area contributed by atoms with Crippen LogP contribution in [0.3, 0.4) is 0 Å². The Kier molecular flexibility index (Phi) is 3.59. The van der Waals surface area contributed by atoms with Gasteiger partial charge in [0.05, 0.1) is 4.92 Å². The highest BCUT2D eigenvalue weighted by Crippen LogP contribution is 2.33. The van der Waals surface area contributed by atoms with Gasteiger partial charge in [0, 0.05) is 29.9 Å². The molecule has 2 aromatic carbocycles. The van der Waals surface area contributed by atoms with Crippen molar-refractivity contribution in [2.24, 2.45) is 0 Å². The maximum atomic E-state index is 10.6. The molecule has 0 saturated heterocycles. The van der Waals surface area contributed by atoms with Gasteiger partial charge in [-0.05, 0) is 18.2 Å². The summed E-state index contributed by atoms with van der Waals surface area (Å²) in [5.74, 6) is 1.52. The van der Waals surface area contributed by atoms with Gasteiger partial charge in [-0.2, -0.15) is 0 Å². The molecule has 1 heterocycles. The zero-order chi connectivity index (χ0) is 14.7. The van der Waals surface area contributed by atoms with Crippen molar-refractivity contribution in [3.05, 3.63) is 58.1 Å². The number of hydrogen-bond acceptors (Lipinski definition) is 5. The second-order valence-electron chi connectivity index (χ2n) is 4.60. The predicted octanol–water partition coefficient (Wildman–Crippen LogP) is 2.98. The number of anilines is 1. The minimum Gasteiger partial charge on any atom is -0.486 e. The highest BCUT2D eigenvalue weighted by atomic mass is 16.6. The van der Waals surface area contributed by atoms with Gasteiger partial charge in [0.1, 0.15) is 13.2 Å². The van der Waals surface area contributed by atoms with Crippen LogP contribution < -0.4 is 14.8 Å². The van der Waals surface area contributed by atoms with E-state index in [1.165, 1.54) is 12.1 Å². The lowest BCUT2D eigenvalue weighted by molar-refractivity contribution is -0.384. The van der Waals surface area contributed by atoms with Gasteiger partial charge < -0.3 is 14.8 Å². The summed E-state index contributed by atoms with van der Waals surface area (Å²) in [6.45, 7) is 1.66. The summed E-state index contributed by atoms with van der Waals surface area (Å²) in [5, 5.41) is 13.8. The van der Waals surface area contributed by atoms with Gasteiger partial charge in [-0.25, -0.2) is 0 Å². The van der Waals surface area contributed by atoms with E-state index in [4.69, 9.17) is 9.47 Å². The number of ether oxygens (including phenoxy) is 2. The van der Waals surface area contributed by atoms with Crippen LogP contribution in [0.1, 0.15) is 5.56 Å². The van der Waals surface area contributed by atoms with E-state index in [2.05, 4.69) is 5.32 Å². The number of rotatable bonds is 4. The number of nitro groups is 1. The summed E-state index contributed by atoms with van der Waals surface area (Å²) in [6.07, 6.45) is 0. The van der Waals surface area contributed by atoms with Crippen LogP contribution >= 0.6 is 0 Å². The average molecular weight is 286 g/mol. The normalized spacial score (nSPS) is 12.8. The van der Waals surface area contributed by atoms with Crippen molar-refractivity contribution in [3.63, 3.8) is 0 Å². The summed E-state index contributed by atoms with van der Waals surface area (Å²) in [4.78, 5) is 10.2. The molecule has 0 radical (unpaired) electrons. The van der Waals surface area contributed by atoms with E-state index in [1.807, 2.05) is 18.2 Å². The fraction of sp³-hybridized carbons (Fsp3) is 0.200. The third-order valence-corrected chi connectivity index (χ3v) is 3.21. The monoisotopic (exact) mass is 286 g/mol. The van der Waals surface area contributed by atoms with Gasteiger partial charge in [-0.1, -0.05) is 12.1 Å². The number of nitrogens with one attached hydrogen (secondary N) is 1. The van der Waals surface area contributed by atoms with E-state index in [0.717, 1.165) is 22.7 Å². The van der Waals surface area contributed by atoms with Gasteiger partial charge >= 0.3 is 0 Å². The van der Waals surface area contributed by atoms with Gasteiger partial charge in [0.2, 0.25) is 0 Å². The van der Waals surface area contributed by atoms with Crippen molar-refractivity contribution >= 4 is 11.4 Å². The molecule has 0 saturated carbocycles. The molecule has 0 atom stereocenters. The zero-order valence-corrected chi connectivity index (χ0v) is 11.2. The summed E-state index contributed by atoms with van der Waals surface area (Å²) in [6, 6.07) is 12.1. The summed E-state index contributed by atoms with van der Waals surface area (Å²) >= 11 is 0. The van der Waals surface area contributed by atoms with Crippen LogP contribution in [0, 0.1) is 10.1 Å². The minimum atomic E-state index is -0.414. The maximum absolute atomic E-state index is 10.6. The van der Waals surface area contributed by atoms with Crippen molar-refractivity contribution in [1.29, 1.82) is 0 Å². The molecule has 0 unspecified atom stereocenters. The number of para-hydroxylation sites is 1. The maximum Gasteiger partial charge on any atom is 0.269 e. The van der Waals surface area contributed by atoms with Crippen molar-refractivity contribution in [1.82, 2.24) is 0 Å².